The fraction of sp³-hybridized carbons (Fsp3) is 0.150. The molecule has 0 radical (unpaired) electrons. The summed E-state index contributed by atoms with van der Waals surface area (Å²) < 4.78 is 1.67. The molecule has 1 heterocycles. The van der Waals surface area contributed by atoms with Crippen molar-refractivity contribution in [1.82, 2.24) is 14.7 Å². The second kappa shape index (κ2) is 7.23. The molecule has 0 spiro atoms. The van der Waals surface area contributed by atoms with Crippen LogP contribution in [0.5, 0.6) is 0 Å². The highest BCUT2D eigenvalue weighted by Crippen LogP contribution is 2.25. The fourth-order valence-electron chi connectivity index (χ4n) is 2.76. The van der Waals surface area contributed by atoms with E-state index in [9.17, 15) is 9.59 Å². The van der Waals surface area contributed by atoms with Gasteiger partial charge >= 0.3 is 0 Å². The van der Waals surface area contributed by atoms with Gasteiger partial charge in [0.05, 0.1) is 17.8 Å². The summed E-state index contributed by atoms with van der Waals surface area (Å²) in [6.07, 6.45) is 1.69. The Kier molecular flexibility index (Phi) is 4.84. The van der Waals surface area contributed by atoms with E-state index in [1.165, 1.54) is 4.90 Å². The summed E-state index contributed by atoms with van der Waals surface area (Å²) in [7, 11) is 1.55. The number of primary amides is 1. The quantitative estimate of drug-likeness (QED) is 0.769. The van der Waals surface area contributed by atoms with Gasteiger partial charge in [-0.25, -0.2) is 4.68 Å². The molecule has 0 unspecified atom stereocenters. The summed E-state index contributed by atoms with van der Waals surface area (Å²) in [4.78, 5) is 25.3. The fourth-order valence-corrected chi connectivity index (χ4v) is 2.76. The summed E-state index contributed by atoms with van der Waals surface area (Å²) in [6.45, 7) is 1.83. The van der Waals surface area contributed by atoms with Gasteiger partial charge < -0.3 is 10.6 Å². The molecule has 3 aromatic rings. The molecule has 0 fully saturated rings. The molecule has 0 aliphatic heterocycles. The van der Waals surface area contributed by atoms with E-state index in [0.717, 1.165) is 16.8 Å². The molecule has 0 saturated heterocycles. The molecule has 0 bridgehead atoms. The van der Waals surface area contributed by atoms with Gasteiger partial charge in [0.15, 0.2) is 0 Å². The van der Waals surface area contributed by atoms with E-state index in [-0.39, 0.29) is 12.5 Å². The first-order valence-electron chi connectivity index (χ1n) is 8.21. The number of aromatic nitrogens is 2. The van der Waals surface area contributed by atoms with E-state index in [1.54, 1.807) is 17.9 Å². The standard InChI is InChI=1S/C20H20N4O2/c1-14-7-6-8-15(11-14)19-17(20(26)23(2)13-18(21)25)12-24(22-19)16-9-4-3-5-10-16/h3-12H,13H2,1-2H3,(H2,21,25). The van der Waals surface area contributed by atoms with Crippen LogP contribution in [0.15, 0.2) is 60.8 Å². The van der Waals surface area contributed by atoms with Crippen LogP contribution in [-0.2, 0) is 4.79 Å². The lowest BCUT2D eigenvalue weighted by molar-refractivity contribution is -0.118. The molecule has 0 saturated carbocycles. The number of nitrogens with two attached hydrogens (primary N) is 1. The first-order chi connectivity index (χ1) is 12.5. The average molecular weight is 348 g/mol. The molecule has 26 heavy (non-hydrogen) atoms. The minimum absolute atomic E-state index is 0.150. The SMILES string of the molecule is Cc1cccc(-c2nn(-c3ccccc3)cc2C(=O)N(C)CC(N)=O)c1. The van der Waals surface area contributed by atoms with Crippen LogP contribution >= 0.6 is 0 Å². The number of amides is 2. The van der Waals surface area contributed by atoms with E-state index >= 15 is 0 Å². The van der Waals surface area contributed by atoms with Crippen molar-refractivity contribution in [2.75, 3.05) is 13.6 Å². The number of benzene rings is 2. The van der Waals surface area contributed by atoms with Crippen LogP contribution < -0.4 is 5.73 Å². The van der Waals surface area contributed by atoms with Crippen LogP contribution in [0.1, 0.15) is 15.9 Å². The van der Waals surface area contributed by atoms with E-state index in [4.69, 9.17) is 5.73 Å². The van der Waals surface area contributed by atoms with Crippen molar-refractivity contribution >= 4 is 11.8 Å². The number of carbonyl (C=O) groups is 2. The summed E-state index contributed by atoms with van der Waals surface area (Å²) in [5.41, 5.74) is 8.97. The van der Waals surface area contributed by atoms with Crippen LogP contribution in [-0.4, -0.2) is 40.1 Å². The summed E-state index contributed by atoms with van der Waals surface area (Å²) in [5, 5.41) is 4.63. The predicted octanol–water partition coefficient (Wildman–Crippen LogP) is 2.41. The minimum Gasteiger partial charge on any atom is -0.368 e. The summed E-state index contributed by atoms with van der Waals surface area (Å²) in [5.74, 6) is -0.865. The molecule has 6 heteroatoms. The third-order valence-corrected chi connectivity index (χ3v) is 4.00. The molecule has 2 aromatic carbocycles. The first-order valence-corrected chi connectivity index (χ1v) is 8.21. The smallest absolute Gasteiger partial charge is 0.257 e. The Morgan fingerprint density at radius 1 is 1.12 bits per heavy atom. The van der Waals surface area contributed by atoms with Crippen LogP contribution in [0.25, 0.3) is 16.9 Å². The average Bonchev–Trinajstić information content (AvgIpc) is 3.06. The van der Waals surface area contributed by atoms with Gasteiger partial charge in [-0.3, -0.25) is 9.59 Å². The number of carbonyl (C=O) groups excluding carboxylic acids is 2. The molecule has 0 aliphatic carbocycles. The highest BCUT2D eigenvalue weighted by atomic mass is 16.2. The van der Waals surface area contributed by atoms with Crippen molar-refractivity contribution in [2.45, 2.75) is 6.92 Å². The van der Waals surface area contributed by atoms with Crippen molar-refractivity contribution in [2.24, 2.45) is 5.73 Å². The Bertz CT molecular complexity index is 947. The van der Waals surface area contributed by atoms with Gasteiger partial charge in [0.1, 0.15) is 5.69 Å². The molecular weight excluding hydrogens is 328 g/mol. The maximum absolute atomic E-state index is 12.9. The third-order valence-electron chi connectivity index (χ3n) is 4.00. The summed E-state index contributed by atoms with van der Waals surface area (Å²) in [6, 6.07) is 17.3. The molecule has 3 rings (SSSR count). The zero-order valence-electron chi connectivity index (χ0n) is 14.7. The number of hydrogen-bond acceptors (Lipinski definition) is 3. The monoisotopic (exact) mass is 348 g/mol. The predicted molar refractivity (Wildman–Crippen MR) is 99.9 cm³/mol. The Morgan fingerprint density at radius 2 is 1.85 bits per heavy atom. The van der Waals surface area contributed by atoms with Crippen molar-refractivity contribution < 1.29 is 9.59 Å². The van der Waals surface area contributed by atoms with Gasteiger partial charge in [0.2, 0.25) is 5.91 Å². The topological polar surface area (TPSA) is 81.2 Å². The minimum atomic E-state index is -0.562. The van der Waals surface area contributed by atoms with Crippen LogP contribution in [0, 0.1) is 6.92 Å². The Morgan fingerprint density at radius 3 is 2.50 bits per heavy atom. The van der Waals surface area contributed by atoms with Gasteiger partial charge in [0.25, 0.3) is 5.91 Å². The van der Waals surface area contributed by atoms with E-state index in [1.807, 2.05) is 61.5 Å². The molecule has 2 N–H and O–H groups in total. The highest BCUT2D eigenvalue weighted by Gasteiger charge is 2.22. The van der Waals surface area contributed by atoms with Crippen molar-refractivity contribution in [1.29, 1.82) is 0 Å². The van der Waals surface area contributed by atoms with Crippen LogP contribution in [0.3, 0.4) is 0 Å². The number of likely N-dealkylation sites (N-methyl/N-ethyl adjacent to an activating group) is 1. The number of para-hydroxylation sites is 1. The van der Waals surface area contributed by atoms with Gasteiger partial charge in [-0.05, 0) is 25.1 Å². The van der Waals surface area contributed by atoms with Crippen LogP contribution in [0.2, 0.25) is 0 Å². The number of aryl methyl sites for hydroxylation is 1. The normalized spacial score (nSPS) is 10.5. The summed E-state index contributed by atoms with van der Waals surface area (Å²) >= 11 is 0. The van der Waals surface area contributed by atoms with Gasteiger partial charge in [-0.1, -0.05) is 42.0 Å². The van der Waals surface area contributed by atoms with E-state index < -0.39 is 5.91 Å². The molecule has 2 amide bonds. The molecule has 0 aliphatic rings. The zero-order chi connectivity index (χ0) is 18.7. The number of nitrogens with zero attached hydrogens (tertiary/aromatic N) is 3. The molecule has 0 atom stereocenters. The Hall–Kier alpha value is -3.41. The molecule has 132 valence electrons. The Labute approximate surface area is 151 Å². The lowest BCUT2D eigenvalue weighted by Gasteiger charge is -2.14. The van der Waals surface area contributed by atoms with Crippen molar-refractivity contribution in [3.05, 3.63) is 71.9 Å². The maximum atomic E-state index is 12.9. The lowest BCUT2D eigenvalue weighted by Crippen LogP contribution is -2.35. The van der Waals surface area contributed by atoms with Gasteiger partial charge in [-0.2, -0.15) is 5.10 Å². The van der Waals surface area contributed by atoms with Crippen molar-refractivity contribution in [3.63, 3.8) is 0 Å². The number of hydrogen-bond donors (Lipinski definition) is 1. The highest BCUT2D eigenvalue weighted by molar-refractivity contribution is 6.01. The first kappa shape index (κ1) is 17.4. The second-order valence-electron chi connectivity index (χ2n) is 6.17. The van der Waals surface area contributed by atoms with Gasteiger partial charge in [-0.15, -0.1) is 0 Å². The van der Waals surface area contributed by atoms with E-state index in [0.29, 0.717) is 11.3 Å². The third kappa shape index (κ3) is 3.64. The zero-order valence-corrected chi connectivity index (χ0v) is 14.7. The van der Waals surface area contributed by atoms with Crippen molar-refractivity contribution in [3.8, 4) is 16.9 Å². The number of rotatable bonds is 5. The largest absolute Gasteiger partial charge is 0.368 e. The van der Waals surface area contributed by atoms with Crippen LogP contribution in [0.4, 0.5) is 0 Å². The molecule has 1 aromatic heterocycles. The molecular formula is C20H20N4O2. The lowest BCUT2D eigenvalue weighted by atomic mass is 10.1. The second-order valence-corrected chi connectivity index (χ2v) is 6.17. The van der Waals surface area contributed by atoms with Gasteiger partial charge in [0, 0.05) is 18.8 Å². The molecule has 6 nitrogen and oxygen atoms in total. The van der Waals surface area contributed by atoms with E-state index in [2.05, 4.69) is 5.10 Å². The Balaban J connectivity index is 2.10. The maximum Gasteiger partial charge on any atom is 0.257 e.